The zero-order valence-electron chi connectivity index (χ0n) is 12.9. The highest BCUT2D eigenvalue weighted by molar-refractivity contribution is 7.80. The Balaban J connectivity index is 1.85. The summed E-state index contributed by atoms with van der Waals surface area (Å²) in [5, 5.41) is 16.4. The van der Waals surface area contributed by atoms with Gasteiger partial charge in [-0.3, -0.25) is 0 Å². The number of aliphatic imine (C=N–C) groups is 1. The number of rotatable bonds is 5. The largest absolute Gasteiger partial charge is 0.366 e. The minimum Gasteiger partial charge on any atom is -0.366 e. The summed E-state index contributed by atoms with van der Waals surface area (Å²) in [6.07, 6.45) is 1.85. The average Bonchev–Trinajstić information content (AvgIpc) is 2.98. The van der Waals surface area contributed by atoms with E-state index in [4.69, 9.17) is 12.2 Å². The van der Waals surface area contributed by atoms with Crippen LogP contribution in [0.1, 0.15) is 12.5 Å². The zero-order valence-corrected chi connectivity index (χ0v) is 13.7. The van der Waals surface area contributed by atoms with Gasteiger partial charge < -0.3 is 16.0 Å². The van der Waals surface area contributed by atoms with Gasteiger partial charge in [0.25, 0.3) is 0 Å². The summed E-state index contributed by atoms with van der Waals surface area (Å²) < 4.78 is 0. The van der Waals surface area contributed by atoms with E-state index < -0.39 is 0 Å². The lowest BCUT2D eigenvalue weighted by Crippen LogP contribution is -2.47. The zero-order chi connectivity index (χ0) is 15.8. The van der Waals surface area contributed by atoms with Crippen molar-refractivity contribution < 1.29 is 0 Å². The molecule has 7 heteroatoms. The number of hydrogen-bond donors (Lipinski definition) is 3. The van der Waals surface area contributed by atoms with Gasteiger partial charge in [0.05, 0.1) is 19.3 Å². The van der Waals surface area contributed by atoms with Gasteiger partial charge in [0.1, 0.15) is 0 Å². The van der Waals surface area contributed by atoms with Crippen LogP contribution in [0.15, 0.2) is 40.4 Å². The SMILES string of the molecule is CNC(=S)NCC(C)NC1=NCCN1N=Cc1ccccc1. The second kappa shape index (κ2) is 8.33. The predicted molar refractivity (Wildman–Crippen MR) is 95.3 cm³/mol. The van der Waals surface area contributed by atoms with Crippen molar-refractivity contribution >= 4 is 29.5 Å². The van der Waals surface area contributed by atoms with E-state index in [1.54, 1.807) is 7.05 Å². The molecule has 0 fully saturated rings. The minimum atomic E-state index is 0.192. The molecule has 118 valence electrons. The van der Waals surface area contributed by atoms with Crippen LogP contribution in [0.2, 0.25) is 0 Å². The molecule has 0 aliphatic carbocycles. The average molecular weight is 318 g/mol. The summed E-state index contributed by atoms with van der Waals surface area (Å²) in [6.45, 7) is 4.34. The van der Waals surface area contributed by atoms with Gasteiger partial charge in [0.15, 0.2) is 5.11 Å². The molecule has 1 aliphatic heterocycles. The monoisotopic (exact) mass is 318 g/mol. The number of nitrogens with one attached hydrogen (secondary N) is 3. The first-order valence-electron chi connectivity index (χ1n) is 7.32. The summed E-state index contributed by atoms with van der Waals surface area (Å²) in [6, 6.07) is 10.2. The van der Waals surface area contributed by atoms with Crippen molar-refractivity contribution in [2.45, 2.75) is 13.0 Å². The van der Waals surface area contributed by atoms with Gasteiger partial charge in [-0.15, -0.1) is 0 Å². The molecule has 1 aromatic carbocycles. The fraction of sp³-hybridized carbons (Fsp3) is 0.400. The molecular formula is C15H22N6S. The van der Waals surface area contributed by atoms with Crippen LogP contribution in [-0.2, 0) is 0 Å². The molecule has 0 bridgehead atoms. The minimum absolute atomic E-state index is 0.192. The number of benzene rings is 1. The molecule has 0 spiro atoms. The van der Waals surface area contributed by atoms with Crippen LogP contribution < -0.4 is 16.0 Å². The number of nitrogens with zero attached hydrogens (tertiary/aromatic N) is 3. The first-order chi connectivity index (χ1) is 10.7. The van der Waals surface area contributed by atoms with Crippen LogP contribution in [0.25, 0.3) is 0 Å². The van der Waals surface area contributed by atoms with Crippen LogP contribution in [0.5, 0.6) is 0 Å². The molecule has 6 nitrogen and oxygen atoms in total. The Morgan fingerprint density at radius 1 is 1.45 bits per heavy atom. The molecule has 2 rings (SSSR count). The van der Waals surface area contributed by atoms with Crippen molar-refractivity contribution in [1.29, 1.82) is 0 Å². The Kier molecular flexibility index (Phi) is 6.14. The highest BCUT2D eigenvalue weighted by Crippen LogP contribution is 2.02. The standard InChI is InChI=1S/C15H22N6S/c1-12(10-18-15(22)16-2)20-14-17-8-9-21(14)19-11-13-6-4-3-5-7-13/h3-7,11-12H,8-10H2,1-2H3,(H,17,20)(H2,16,18,22). The second-order valence-corrected chi connectivity index (χ2v) is 5.40. The van der Waals surface area contributed by atoms with Crippen LogP contribution in [0, 0.1) is 0 Å². The van der Waals surface area contributed by atoms with Crippen LogP contribution in [-0.4, -0.2) is 55.0 Å². The molecule has 0 aromatic heterocycles. The Morgan fingerprint density at radius 2 is 2.23 bits per heavy atom. The molecule has 0 saturated carbocycles. The molecule has 1 atom stereocenters. The van der Waals surface area contributed by atoms with Gasteiger partial charge in [-0.1, -0.05) is 30.3 Å². The van der Waals surface area contributed by atoms with Crippen molar-refractivity contribution in [3.63, 3.8) is 0 Å². The van der Waals surface area contributed by atoms with Crippen molar-refractivity contribution in [3.8, 4) is 0 Å². The third kappa shape index (κ3) is 5.00. The number of guanidine groups is 1. The van der Waals surface area contributed by atoms with E-state index in [0.717, 1.165) is 31.2 Å². The van der Waals surface area contributed by atoms with Crippen LogP contribution in [0.4, 0.5) is 0 Å². The molecule has 1 unspecified atom stereocenters. The lowest BCUT2D eigenvalue weighted by atomic mass is 10.2. The van der Waals surface area contributed by atoms with E-state index >= 15 is 0 Å². The first-order valence-corrected chi connectivity index (χ1v) is 7.73. The summed E-state index contributed by atoms with van der Waals surface area (Å²) in [5.41, 5.74) is 1.07. The van der Waals surface area contributed by atoms with Crippen molar-refractivity contribution in [2.75, 3.05) is 26.7 Å². The number of hydrogen-bond acceptors (Lipinski definition) is 5. The summed E-state index contributed by atoms with van der Waals surface area (Å²) >= 11 is 5.06. The topological polar surface area (TPSA) is 64.0 Å². The summed E-state index contributed by atoms with van der Waals surface area (Å²) in [7, 11) is 1.80. The summed E-state index contributed by atoms with van der Waals surface area (Å²) in [4.78, 5) is 4.46. The van der Waals surface area contributed by atoms with Crippen molar-refractivity contribution in [2.24, 2.45) is 10.1 Å². The molecule has 3 N–H and O–H groups in total. The van der Waals surface area contributed by atoms with E-state index in [9.17, 15) is 0 Å². The Labute approximate surface area is 136 Å². The maximum Gasteiger partial charge on any atom is 0.215 e. The summed E-state index contributed by atoms with van der Waals surface area (Å²) in [5.74, 6) is 0.803. The van der Waals surface area contributed by atoms with Crippen molar-refractivity contribution in [1.82, 2.24) is 21.0 Å². The van der Waals surface area contributed by atoms with Crippen LogP contribution in [0.3, 0.4) is 0 Å². The molecule has 0 amide bonds. The maximum absolute atomic E-state index is 5.06. The van der Waals surface area contributed by atoms with Gasteiger partial charge in [-0.05, 0) is 24.7 Å². The molecular weight excluding hydrogens is 296 g/mol. The molecule has 1 aliphatic rings. The van der Waals surface area contributed by atoms with Gasteiger partial charge in [-0.25, -0.2) is 10.0 Å². The van der Waals surface area contributed by atoms with Gasteiger partial charge in [0.2, 0.25) is 5.96 Å². The number of hydrazone groups is 1. The Morgan fingerprint density at radius 3 is 2.95 bits per heavy atom. The van der Waals surface area contributed by atoms with E-state index in [1.807, 2.05) is 41.6 Å². The third-order valence-corrected chi connectivity index (χ3v) is 3.48. The van der Waals surface area contributed by atoms with E-state index in [2.05, 4.69) is 33.0 Å². The first kappa shape index (κ1) is 16.2. The highest BCUT2D eigenvalue weighted by Gasteiger charge is 2.17. The fourth-order valence-corrected chi connectivity index (χ4v) is 2.04. The Hall–Kier alpha value is -2.15. The quantitative estimate of drug-likeness (QED) is 0.553. The Bertz CT molecular complexity index is 542. The molecule has 1 heterocycles. The maximum atomic E-state index is 5.06. The predicted octanol–water partition coefficient (Wildman–Crippen LogP) is 0.764. The van der Waals surface area contributed by atoms with Crippen LogP contribution >= 0.6 is 12.2 Å². The lowest BCUT2D eigenvalue weighted by molar-refractivity contribution is 0.462. The molecule has 0 saturated heterocycles. The van der Waals surface area contributed by atoms with Gasteiger partial charge in [-0.2, -0.15) is 5.10 Å². The fourth-order valence-electron chi connectivity index (χ4n) is 1.95. The third-order valence-electron chi connectivity index (χ3n) is 3.13. The van der Waals surface area contributed by atoms with Crippen molar-refractivity contribution in [3.05, 3.63) is 35.9 Å². The molecule has 1 aromatic rings. The normalized spacial score (nSPS) is 15.5. The van der Waals surface area contributed by atoms with E-state index in [0.29, 0.717) is 5.11 Å². The highest BCUT2D eigenvalue weighted by atomic mass is 32.1. The van der Waals surface area contributed by atoms with E-state index in [1.165, 1.54) is 0 Å². The molecule has 22 heavy (non-hydrogen) atoms. The second-order valence-electron chi connectivity index (χ2n) is 4.99. The lowest BCUT2D eigenvalue weighted by Gasteiger charge is -2.20. The number of thiocarbonyl (C=S) groups is 1. The van der Waals surface area contributed by atoms with Gasteiger partial charge >= 0.3 is 0 Å². The smallest absolute Gasteiger partial charge is 0.215 e. The van der Waals surface area contributed by atoms with Gasteiger partial charge in [0, 0.05) is 19.6 Å². The molecule has 0 radical (unpaired) electrons. The van der Waals surface area contributed by atoms with E-state index in [-0.39, 0.29) is 6.04 Å².